The zero-order chi connectivity index (χ0) is 25.1. The molecule has 3 heterocycles. The van der Waals surface area contributed by atoms with Crippen LogP contribution in [0.5, 0.6) is 5.88 Å². The predicted octanol–water partition coefficient (Wildman–Crippen LogP) is 2.17. The number of methoxy groups -OCH3 is 1. The number of aromatic nitrogens is 5. The number of hydrogen-bond acceptors (Lipinski definition) is 6. The second kappa shape index (κ2) is 10.4. The van der Waals surface area contributed by atoms with Crippen molar-refractivity contribution >= 4 is 11.7 Å². The summed E-state index contributed by atoms with van der Waals surface area (Å²) in [6.45, 7) is 8.63. The van der Waals surface area contributed by atoms with Gasteiger partial charge in [0.05, 0.1) is 20.2 Å². The molecular weight excluding hydrogens is 449 g/mol. The maximum Gasteiger partial charge on any atom is 0.291 e. The Morgan fingerprint density at radius 1 is 1.20 bits per heavy atom. The highest BCUT2D eigenvalue weighted by Gasteiger charge is 2.26. The minimum absolute atomic E-state index is 0.00592. The second-order valence-corrected chi connectivity index (χ2v) is 9.34. The molecule has 0 unspecified atom stereocenters. The first-order valence-electron chi connectivity index (χ1n) is 11.9. The summed E-state index contributed by atoms with van der Waals surface area (Å²) in [5.74, 6) is 2.94. The normalized spacial score (nSPS) is 14.0. The van der Waals surface area contributed by atoms with Crippen molar-refractivity contribution in [2.45, 2.75) is 33.7 Å². The van der Waals surface area contributed by atoms with E-state index in [-0.39, 0.29) is 18.3 Å². The lowest BCUT2D eigenvalue weighted by atomic mass is 10.1. The molecule has 4 rings (SSSR count). The first-order chi connectivity index (χ1) is 16.7. The quantitative estimate of drug-likeness (QED) is 0.480. The summed E-state index contributed by atoms with van der Waals surface area (Å²) in [6, 6.07) is 6.75. The highest BCUT2D eigenvalue weighted by atomic mass is 19.1. The molecule has 0 aliphatic carbocycles. The average molecular weight is 483 g/mol. The number of amides is 1. The van der Waals surface area contributed by atoms with Crippen LogP contribution >= 0.6 is 0 Å². The zero-order valence-electron chi connectivity index (χ0n) is 21.0. The Labute approximate surface area is 205 Å². The van der Waals surface area contributed by atoms with Crippen LogP contribution in [0.1, 0.15) is 25.2 Å². The number of piperazine rings is 1. The second-order valence-electron chi connectivity index (χ2n) is 9.34. The van der Waals surface area contributed by atoms with Crippen LogP contribution in [0.25, 0.3) is 11.4 Å². The van der Waals surface area contributed by atoms with Crippen LogP contribution < -0.4 is 14.2 Å². The Hall–Kier alpha value is -3.56. The summed E-state index contributed by atoms with van der Waals surface area (Å²) in [4.78, 5) is 26.4. The zero-order valence-corrected chi connectivity index (χ0v) is 21.0. The number of halogens is 1. The molecule has 0 N–H and O–H groups in total. The summed E-state index contributed by atoms with van der Waals surface area (Å²) in [7, 11) is 3.52. The fourth-order valence-corrected chi connectivity index (χ4v) is 4.16. The van der Waals surface area contributed by atoms with Crippen LogP contribution in [0.2, 0.25) is 0 Å². The Balaban J connectivity index is 1.45. The topological polar surface area (TPSA) is 80.3 Å². The number of ether oxygens (including phenoxy) is 1. The number of anilines is 1. The van der Waals surface area contributed by atoms with Gasteiger partial charge in [-0.2, -0.15) is 5.10 Å². The molecule has 35 heavy (non-hydrogen) atoms. The first-order valence-corrected chi connectivity index (χ1v) is 11.9. The number of nitrogens with zero attached hydrogens (tertiary/aromatic N) is 7. The summed E-state index contributed by atoms with van der Waals surface area (Å²) in [6.07, 6.45) is 2.43. The third-order valence-corrected chi connectivity index (χ3v) is 6.17. The highest BCUT2D eigenvalue weighted by Crippen LogP contribution is 2.21. The molecular formula is C25H33FN7O2+. The fourth-order valence-electron chi connectivity index (χ4n) is 4.16. The van der Waals surface area contributed by atoms with Gasteiger partial charge in [0.15, 0.2) is 5.82 Å². The SMILES string of the molecule is COc1cc(N2CCN(C(=O)Cn3nc(-c4ccc(F)c(C)c4)nc3CC(C)C)CC2)nc[n+]1C. The molecule has 10 heteroatoms. The number of hydrogen-bond donors (Lipinski definition) is 0. The van der Waals surface area contributed by atoms with Gasteiger partial charge in [0.1, 0.15) is 18.2 Å². The van der Waals surface area contributed by atoms with Crippen LogP contribution in [0.15, 0.2) is 30.6 Å². The van der Waals surface area contributed by atoms with Crippen LogP contribution in [0.4, 0.5) is 10.2 Å². The minimum atomic E-state index is -0.261. The molecule has 1 fully saturated rings. The molecule has 1 aliphatic rings. The fraction of sp³-hybridized carbons (Fsp3) is 0.480. The predicted molar refractivity (Wildman–Crippen MR) is 129 cm³/mol. The van der Waals surface area contributed by atoms with E-state index in [2.05, 4.69) is 28.8 Å². The average Bonchev–Trinajstić information content (AvgIpc) is 3.22. The third kappa shape index (κ3) is 5.58. The lowest BCUT2D eigenvalue weighted by Gasteiger charge is -2.34. The van der Waals surface area contributed by atoms with Gasteiger partial charge < -0.3 is 14.5 Å². The standard InChI is InChI=1S/C25H33FN7O2/c1-17(2)12-22-28-25(19-6-7-20(26)18(3)13-19)29-33(22)15-23(34)32-10-8-31(9-11-32)21-14-24(35-5)30(4)16-27-21/h6-7,13-14,16-17H,8-12,15H2,1-5H3/q+1. The maximum atomic E-state index is 13.7. The van der Waals surface area contributed by atoms with E-state index >= 15 is 0 Å². The lowest BCUT2D eigenvalue weighted by Crippen LogP contribution is -2.50. The van der Waals surface area contributed by atoms with Gasteiger partial charge >= 0.3 is 0 Å². The van der Waals surface area contributed by atoms with Gasteiger partial charge in [-0.25, -0.2) is 18.6 Å². The van der Waals surface area contributed by atoms with Crippen LogP contribution in [-0.2, 0) is 24.8 Å². The minimum Gasteiger partial charge on any atom is -0.465 e. The highest BCUT2D eigenvalue weighted by molar-refractivity contribution is 5.76. The largest absolute Gasteiger partial charge is 0.465 e. The molecule has 1 aliphatic heterocycles. The maximum absolute atomic E-state index is 13.7. The monoisotopic (exact) mass is 482 g/mol. The van der Waals surface area contributed by atoms with Crippen LogP contribution in [-0.4, -0.2) is 63.8 Å². The first kappa shape index (κ1) is 24.6. The van der Waals surface area contributed by atoms with E-state index < -0.39 is 0 Å². The Morgan fingerprint density at radius 2 is 1.94 bits per heavy atom. The van der Waals surface area contributed by atoms with Crippen molar-refractivity contribution in [1.82, 2.24) is 24.6 Å². The van der Waals surface area contributed by atoms with Crippen molar-refractivity contribution in [3.8, 4) is 17.3 Å². The van der Waals surface area contributed by atoms with E-state index in [1.807, 2.05) is 22.6 Å². The van der Waals surface area contributed by atoms with E-state index in [9.17, 15) is 9.18 Å². The van der Waals surface area contributed by atoms with E-state index in [0.29, 0.717) is 49.9 Å². The van der Waals surface area contributed by atoms with Crippen molar-refractivity contribution < 1.29 is 18.5 Å². The van der Waals surface area contributed by atoms with E-state index in [1.54, 1.807) is 37.2 Å². The van der Waals surface area contributed by atoms with Gasteiger partial charge in [-0.3, -0.25) is 4.79 Å². The molecule has 1 aromatic carbocycles. The number of rotatable bonds is 7. The molecule has 9 nitrogen and oxygen atoms in total. The summed E-state index contributed by atoms with van der Waals surface area (Å²) in [5.41, 5.74) is 1.28. The van der Waals surface area contributed by atoms with Gasteiger partial charge in [0.25, 0.3) is 18.0 Å². The smallest absolute Gasteiger partial charge is 0.291 e. The van der Waals surface area contributed by atoms with Crippen molar-refractivity contribution in [2.75, 3.05) is 38.2 Å². The van der Waals surface area contributed by atoms with Crippen molar-refractivity contribution in [2.24, 2.45) is 13.0 Å². The summed E-state index contributed by atoms with van der Waals surface area (Å²) < 4.78 is 22.6. The molecule has 2 aromatic heterocycles. The Bertz CT molecular complexity index is 1200. The van der Waals surface area contributed by atoms with Crippen LogP contribution in [0, 0.1) is 18.7 Å². The van der Waals surface area contributed by atoms with Crippen molar-refractivity contribution in [3.05, 3.63) is 47.8 Å². The van der Waals surface area contributed by atoms with Gasteiger partial charge in [0.2, 0.25) is 5.91 Å². The number of carbonyl (C=O) groups excluding carboxylic acids is 1. The van der Waals surface area contributed by atoms with Gasteiger partial charge in [-0.1, -0.05) is 13.8 Å². The van der Waals surface area contributed by atoms with E-state index in [1.165, 1.54) is 6.07 Å². The summed E-state index contributed by atoms with van der Waals surface area (Å²) in [5, 5.41) is 4.63. The third-order valence-electron chi connectivity index (χ3n) is 6.17. The molecule has 0 atom stereocenters. The number of benzene rings is 1. The molecule has 1 saturated heterocycles. The van der Waals surface area contributed by atoms with E-state index in [4.69, 9.17) is 9.72 Å². The Kier molecular flexibility index (Phi) is 7.28. The molecule has 0 bridgehead atoms. The molecule has 186 valence electrons. The molecule has 1 amide bonds. The van der Waals surface area contributed by atoms with Crippen molar-refractivity contribution in [3.63, 3.8) is 0 Å². The number of carbonyl (C=O) groups is 1. The lowest BCUT2D eigenvalue weighted by molar-refractivity contribution is -0.679. The number of aryl methyl sites for hydroxylation is 2. The van der Waals surface area contributed by atoms with Gasteiger partial charge in [-0.05, 0) is 41.6 Å². The van der Waals surface area contributed by atoms with E-state index in [0.717, 1.165) is 23.1 Å². The molecule has 3 aromatic rings. The van der Waals surface area contributed by atoms with Crippen molar-refractivity contribution in [1.29, 1.82) is 0 Å². The Morgan fingerprint density at radius 3 is 2.60 bits per heavy atom. The van der Waals surface area contributed by atoms with Gasteiger partial charge in [-0.15, -0.1) is 0 Å². The molecule has 0 saturated carbocycles. The summed E-state index contributed by atoms with van der Waals surface area (Å²) >= 11 is 0. The van der Waals surface area contributed by atoms with Gasteiger partial charge in [0, 0.05) is 38.2 Å². The van der Waals surface area contributed by atoms with Crippen LogP contribution in [0.3, 0.4) is 0 Å². The molecule has 0 spiro atoms. The molecule has 0 radical (unpaired) electrons.